The van der Waals surface area contributed by atoms with Crippen LogP contribution in [0.5, 0.6) is 0 Å². The average Bonchev–Trinajstić information content (AvgIpc) is 3.21. The summed E-state index contributed by atoms with van der Waals surface area (Å²) in [6.45, 7) is 4.97. The highest BCUT2D eigenvalue weighted by Crippen LogP contribution is 2.27. The third kappa shape index (κ3) is 9.28. The largest absolute Gasteiger partial charge is 0.481 e. The Hall–Kier alpha value is -2.69. The van der Waals surface area contributed by atoms with Gasteiger partial charge in [-0.3, -0.25) is 19.2 Å². The molecule has 2 rings (SSSR count). The van der Waals surface area contributed by atoms with Gasteiger partial charge in [-0.2, -0.15) is 0 Å². The maximum atomic E-state index is 13.6. The summed E-state index contributed by atoms with van der Waals surface area (Å²) in [5, 5.41) is 34.9. The molecule has 3 amide bonds. The number of carbonyl (C=O) groups is 4. The van der Waals surface area contributed by atoms with Crippen LogP contribution in [0.1, 0.15) is 70.9 Å². The zero-order chi connectivity index (χ0) is 27.8. The molecule has 206 valence electrons. The van der Waals surface area contributed by atoms with Crippen LogP contribution in [0.15, 0.2) is 24.3 Å². The van der Waals surface area contributed by atoms with E-state index in [4.69, 9.17) is 16.7 Å². The van der Waals surface area contributed by atoms with E-state index in [1.807, 2.05) is 0 Å². The van der Waals surface area contributed by atoms with Crippen LogP contribution in [0.4, 0.5) is 0 Å². The standard InChI is InChI=1S/C26H38ClN3O7/c1-26(2,3)23(29-21(33)7-5-4-6-8-22(34)35)25(37)30-14-18(32)13-20(30)24(36)28-19(15-31)16-9-11-17(27)12-10-16/h9-12,18-20,23,31-32H,4-8,13-15H2,1-3H3,(H,28,36)(H,29,33)(H,34,35)/t18-,19+,20+,23?/m1/s1. The molecule has 1 aromatic rings. The zero-order valence-electron chi connectivity index (χ0n) is 21.6. The lowest BCUT2D eigenvalue weighted by Gasteiger charge is -2.35. The first-order chi connectivity index (χ1) is 17.3. The summed E-state index contributed by atoms with van der Waals surface area (Å²) in [6.07, 6.45) is 0.848. The fraction of sp³-hybridized carbons (Fsp3) is 0.615. The number of hydrogen-bond acceptors (Lipinski definition) is 6. The smallest absolute Gasteiger partial charge is 0.303 e. The van der Waals surface area contributed by atoms with Crippen molar-refractivity contribution in [2.24, 2.45) is 5.41 Å². The molecular weight excluding hydrogens is 502 g/mol. The number of amides is 3. The second-order valence-corrected chi connectivity index (χ2v) is 10.9. The highest BCUT2D eigenvalue weighted by molar-refractivity contribution is 6.30. The minimum absolute atomic E-state index is 0.0325. The van der Waals surface area contributed by atoms with Crippen molar-refractivity contribution in [2.75, 3.05) is 13.2 Å². The molecule has 0 aliphatic carbocycles. The number of carboxylic acid groups (broad SMARTS) is 1. The number of nitrogens with one attached hydrogen (secondary N) is 2. The Morgan fingerprint density at radius 1 is 1.05 bits per heavy atom. The van der Waals surface area contributed by atoms with Gasteiger partial charge in [-0.25, -0.2) is 0 Å². The molecule has 1 aliphatic heterocycles. The molecule has 1 saturated heterocycles. The molecule has 1 aliphatic rings. The Labute approximate surface area is 222 Å². The van der Waals surface area contributed by atoms with Crippen molar-refractivity contribution < 1.29 is 34.5 Å². The molecule has 0 radical (unpaired) electrons. The van der Waals surface area contributed by atoms with Crippen molar-refractivity contribution >= 4 is 35.3 Å². The molecule has 1 unspecified atom stereocenters. The van der Waals surface area contributed by atoms with Gasteiger partial charge in [0.1, 0.15) is 12.1 Å². The van der Waals surface area contributed by atoms with Gasteiger partial charge in [-0.05, 0) is 36.0 Å². The van der Waals surface area contributed by atoms with Crippen molar-refractivity contribution in [2.45, 2.75) is 83.5 Å². The van der Waals surface area contributed by atoms with Crippen LogP contribution in [0.2, 0.25) is 5.02 Å². The Bertz CT molecular complexity index is 948. The Kier molecular flexibility index (Phi) is 11.3. The highest BCUT2D eigenvalue weighted by atomic mass is 35.5. The second kappa shape index (κ2) is 13.7. The quantitative estimate of drug-likeness (QED) is 0.254. The number of hydrogen-bond donors (Lipinski definition) is 5. The minimum Gasteiger partial charge on any atom is -0.481 e. The molecule has 1 heterocycles. The van der Waals surface area contributed by atoms with Crippen molar-refractivity contribution in [3.8, 4) is 0 Å². The van der Waals surface area contributed by atoms with Crippen LogP contribution in [0.3, 0.4) is 0 Å². The number of aliphatic carboxylic acids is 1. The van der Waals surface area contributed by atoms with Crippen LogP contribution >= 0.6 is 11.6 Å². The van der Waals surface area contributed by atoms with Gasteiger partial charge in [-0.15, -0.1) is 0 Å². The summed E-state index contributed by atoms with van der Waals surface area (Å²) in [7, 11) is 0. The van der Waals surface area contributed by atoms with Gasteiger partial charge in [0.25, 0.3) is 0 Å². The number of nitrogens with zero attached hydrogens (tertiary/aromatic N) is 1. The van der Waals surface area contributed by atoms with Gasteiger partial charge < -0.3 is 30.9 Å². The SMILES string of the molecule is CC(C)(C)C(NC(=O)CCCCCC(=O)O)C(=O)N1C[C@H](O)C[C@H]1C(=O)N[C@@H](CO)c1ccc(Cl)cc1. The first kappa shape index (κ1) is 30.5. The Morgan fingerprint density at radius 3 is 2.24 bits per heavy atom. The van der Waals surface area contributed by atoms with Gasteiger partial charge in [-0.1, -0.05) is 50.9 Å². The first-order valence-electron chi connectivity index (χ1n) is 12.5. The molecule has 10 nitrogen and oxygen atoms in total. The number of likely N-dealkylation sites (tertiary alicyclic amines) is 1. The number of carboxylic acids is 1. The van der Waals surface area contributed by atoms with E-state index in [0.717, 1.165) is 0 Å². The lowest BCUT2D eigenvalue weighted by atomic mass is 9.85. The van der Waals surface area contributed by atoms with Crippen LogP contribution < -0.4 is 10.6 Å². The number of unbranched alkanes of at least 4 members (excludes halogenated alkanes) is 2. The van der Waals surface area contributed by atoms with Crippen molar-refractivity contribution in [3.05, 3.63) is 34.9 Å². The van der Waals surface area contributed by atoms with Crippen molar-refractivity contribution in [1.82, 2.24) is 15.5 Å². The van der Waals surface area contributed by atoms with E-state index in [0.29, 0.717) is 29.8 Å². The minimum atomic E-state index is -0.971. The molecule has 0 bridgehead atoms. The molecule has 4 atom stereocenters. The maximum Gasteiger partial charge on any atom is 0.303 e. The normalized spacial score (nSPS) is 19.2. The predicted molar refractivity (Wildman–Crippen MR) is 138 cm³/mol. The number of aliphatic hydroxyl groups excluding tert-OH is 2. The number of benzene rings is 1. The molecule has 37 heavy (non-hydrogen) atoms. The summed E-state index contributed by atoms with van der Waals surface area (Å²) in [6, 6.07) is 4.02. The molecule has 11 heteroatoms. The fourth-order valence-electron chi connectivity index (χ4n) is 4.29. The summed E-state index contributed by atoms with van der Waals surface area (Å²) >= 11 is 5.92. The van der Waals surface area contributed by atoms with Crippen LogP contribution in [0, 0.1) is 5.41 Å². The van der Waals surface area contributed by atoms with E-state index in [1.165, 1.54) is 4.90 Å². The van der Waals surface area contributed by atoms with E-state index in [-0.39, 0.29) is 38.3 Å². The molecule has 0 saturated carbocycles. The number of β-amino-alcohol motifs (C(OH)–C–C–N with tert-alkyl or cyclic N) is 1. The van der Waals surface area contributed by atoms with Crippen molar-refractivity contribution in [3.63, 3.8) is 0 Å². The molecule has 5 N–H and O–H groups in total. The van der Waals surface area contributed by atoms with Crippen LogP contribution in [-0.2, 0) is 19.2 Å². The number of rotatable bonds is 12. The predicted octanol–water partition coefficient (Wildman–Crippen LogP) is 2.02. The van der Waals surface area contributed by atoms with Gasteiger partial charge >= 0.3 is 5.97 Å². The van der Waals surface area contributed by atoms with E-state index in [9.17, 15) is 29.4 Å². The lowest BCUT2D eigenvalue weighted by Crippen LogP contribution is -2.58. The summed E-state index contributed by atoms with van der Waals surface area (Å²) in [4.78, 5) is 51.3. The topological polar surface area (TPSA) is 156 Å². The van der Waals surface area contributed by atoms with Gasteiger partial charge in [0.15, 0.2) is 0 Å². The summed E-state index contributed by atoms with van der Waals surface area (Å²) in [5.74, 6) is -2.22. The van der Waals surface area contributed by atoms with Gasteiger partial charge in [0, 0.05) is 30.8 Å². The molecule has 0 aromatic heterocycles. The average molecular weight is 540 g/mol. The maximum absolute atomic E-state index is 13.6. The van der Waals surface area contributed by atoms with E-state index < -0.39 is 47.4 Å². The Balaban J connectivity index is 2.09. The zero-order valence-corrected chi connectivity index (χ0v) is 22.3. The molecule has 0 spiro atoms. The van der Waals surface area contributed by atoms with E-state index in [1.54, 1.807) is 45.0 Å². The highest BCUT2D eigenvalue weighted by Gasteiger charge is 2.44. The summed E-state index contributed by atoms with van der Waals surface area (Å²) in [5.41, 5.74) is -0.0403. The fourth-order valence-corrected chi connectivity index (χ4v) is 4.42. The lowest BCUT2D eigenvalue weighted by molar-refractivity contribution is -0.144. The number of carbonyl (C=O) groups excluding carboxylic acids is 3. The number of halogens is 1. The van der Waals surface area contributed by atoms with Crippen LogP contribution in [0.25, 0.3) is 0 Å². The van der Waals surface area contributed by atoms with E-state index in [2.05, 4.69) is 10.6 Å². The molecule has 1 aromatic carbocycles. The molecule has 1 fully saturated rings. The van der Waals surface area contributed by atoms with Gasteiger partial charge in [0.05, 0.1) is 18.8 Å². The monoisotopic (exact) mass is 539 g/mol. The second-order valence-electron chi connectivity index (χ2n) is 10.5. The summed E-state index contributed by atoms with van der Waals surface area (Å²) < 4.78 is 0. The number of aliphatic hydroxyl groups is 2. The third-order valence-corrected chi connectivity index (χ3v) is 6.60. The Morgan fingerprint density at radius 2 is 1.68 bits per heavy atom. The van der Waals surface area contributed by atoms with Gasteiger partial charge in [0.2, 0.25) is 17.7 Å². The van der Waals surface area contributed by atoms with Crippen LogP contribution in [-0.4, -0.2) is 75.2 Å². The molecular formula is C26H38ClN3O7. The van der Waals surface area contributed by atoms with Crippen molar-refractivity contribution in [1.29, 1.82) is 0 Å². The van der Waals surface area contributed by atoms with E-state index >= 15 is 0 Å². The first-order valence-corrected chi connectivity index (χ1v) is 12.9. The third-order valence-electron chi connectivity index (χ3n) is 6.35.